The zero-order chi connectivity index (χ0) is 19.2. The van der Waals surface area contributed by atoms with Crippen LogP contribution in [0.1, 0.15) is 11.1 Å². The van der Waals surface area contributed by atoms with Gasteiger partial charge in [-0.2, -0.15) is 0 Å². The quantitative estimate of drug-likeness (QED) is 0.845. The maximum atomic E-state index is 13.0. The van der Waals surface area contributed by atoms with Crippen LogP contribution in [-0.4, -0.2) is 59.7 Å². The van der Waals surface area contributed by atoms with Gasteiger partial charge >= 0.3 is 0 Å². The maximum absolute atomic E-state index is 13.0. The fraction of sp³-hybridized carbons (Fsp3) is 0.381. The van der Waals surface area contributed by atoms with Crippen LogP contribution in [0.25, 0.3) is 0 Å². The van der Waals surface area contributed by atoms with E-state index in [9.17, 15) is 14.3 Å². The normalized spacial score (nSPS) is 16.2. The van der Waals surface area contributed by atoms with E-state index < -0.39 is 6.10 Å². The van der Waals surface area contributed by atoms with E-state index in [2.05, 4.69) is 4.90 Å². The van der Waals surface area contributed by atoms with Crippen molar-refractivity contribution in [3.8, 4) is 5.75 Å². The number of hydrogen-bond donors (Lipinski definition) is 1. The summed E-state index contributed by atoms with van der Waals surface area (Å²) in [4.78, 5) is 16.3. The first-order valence-electron chi connectivity index (χ1n) is 9.15. The minimum absolute atomic E-state index is 0.0561. The molecule has 0 radical (unpaired) electrons. The Hall–Kier alpha value is -2.44. The van der Waals surface area contributed by atoms with Crippen LogP contribution in [0.15, 0.2) is 48.5 Å². The van der Waals surface area contributed by atoms with E-state index >= 15 is 0 Å². The standard InChI is InChI=1S/C21H25FN2O3/c1-16-4-2-3-5-20(16)27-15-19(25)21(26)24-12-10-23(11-13-24)14-17-6-8-18(22)9-7-17/h2-9,19,25H,10-15H2,1H3. The zero-order valence-corrected chi connectivity index (χ0v) is 15.5. The van der Waals surface area contributed by atoms with E-state index in [1.54, 1.807) is 17.0 Å². The molecule has 1 saturated heterocycles. The molecule has 1 aliphatic heterocycles. The Morgan fingerprint density at radius 1 is 1.11 bits per heavy atom. The minimum Gasteiger partial charge on any atom is -0.490 e. The second-order valence-corrected chi connectivity index (χ2v) is 6.82. The average Bonchev–Trinajstić information content (AvgIpc) is 2.69. The second kappa shape index (κ2) is 8.97. The van der Waals surface area contributed by atoms with E-state index in [-0.39, 0.29) is 18.3 Å². The molecule has 1 N–H and O–H groups in total. The number of aryl methyl sites for hydroxylation is 1. The van der Waals surface area contributed by atoms with Crippen molar-refractivity contribution in [1.82, 2.24) is 9.80 Å². The topological polar surface area (TPSA) is 53.0 Å². The number of aliphatic hydroxyl groups excluding tert-OH is 1. The van der Waals surface area contributed by atoms with Crippen molar-refractivity contribution in [1.29, 1.82) is 0 Å². The molecule has 0 aliphatic carbocycles. The van der Waals surface area contributed by atoms with Gasteiger partial charge in [-0.1, -0.05) is 30.3 Å². The summed E-state index contributed by atoms with van der Waals surface area (Å²) in [6.45, 7) is 5.14. The minimum atomic E-state index is -1.17. The molecule has 6 heteroatoms. The molecule has 1 fully saturated rings. The van der Waals surface area contributed by atoms with Gasteiger partial charge in [0.15, 0.2) is 6.10 Å². The summed E-state index contributed by atoms with van der Waals surface area (Å²) in [5.41, 5.74) is 2.01. The zero-order valence-electron chi connectivity index (χ0n) is 15.5. The van der Waals surface area contributed by atoms with Crippen molar-refractivity contribution in [2.75, 3.05) is 32.8 Å². The molecule has 2 aromatic carbocycles. The molecule has 5 nitrogen and oxygen atoms in total. The van der Waals surface area contributed by atoms with Crippen LogP contribution in [0, 0.1) is 12.7 Å². The van der Waals surface area contributed by atoms with Crippen LogP contribution in [0.3, 0.4) is 0 Å². The summed E-state index contributed by atoms with van der Waals surface area (Å²) in [6, 6.07) is 14.0. The van der Waals surface area contributed by atoms with Gasteiger partial charge in [-0.25, -0.2) is 4.39 Å². The third-order valence-electron chi connectivity index (χ3n) is 4.78. The lowest BCUT2D eigenvalue weighted by atomic mass is 10.2. The number of carbonyl (C=O) groups is 1. The molecule has 1 aliphatic rings. The van der Waals surface area contributed by atoms with Gasteiger partial charge < -0.3 is 14.7 Å². The Balaban J connectivity index is 1.44. The Bertz CT molecular complexity index is 758. The van der Waals surface area contributed by atoms with Gasteiger partial charge in [0.2, 0.25) is 0 Å². The predicted molar refractivity (Wildman–Crippen MR) is 101 cm³/mol. The number of hydrogen-bond acceptors (Lipinski definition) is 4. The smallest absolute Gasteiger partial charge is 0.255 e. The number of benzene rings is 2. The first-order chi connectivity index (χ1) is 13.0. The first-order valence-corrected chi connectivity index (χ1v) is 9.15. The fourth-order valence-corrected chi connectivity index (χ4v) is 3.14. The molecular formula is C21H25FN2O3. The number of aliphatic hydroxyl groups is 1. The summed E-state index contributed by atoms with van der Waals surface area (Å²) in [6.07, 6.45) is -1.17. The lowest BCUT2D eigenvalue weighted by Crippen LogP contribution is -2.52. The van der Waals surface area contributed by atoms with Crippen LogP contribution in [-0.2, 0) is 11.3 Å². The number of ether oxygens (including phenoxy) is 1. The Morgan fingerprint density at radius 3 is 2.44 bits per heavy atom. The molecule has 144 valence electrons. The Kier molecular flexibility index (Phi) is 6.42. The van der Waals surface area contributed by atoms with Crippen LogP contribution in [0.5, 0.6) is 5.75 Å². The summed E-state index contributed by atoms with van der Waals surface area (Å²) in [5, 5.41) is 10.2. The largest absolute Gasteiger partial charge is 0.490 e. The number of nitrogens with zero attached hydrogens (tertiary/aromatic N) is 2. The number of amides is 1. The Morgan fingerprint density at radius 2 is 1.78 bits per heavy atom. The van der Waals surface area contributed by atoms with Crippen molar-refractivity contribution >= 4 is 5.91 Å². The van der Waals surface area contributed by atoms with Crippen LogP contribution in [0.4, 0.5) is 4.39 Å². The molecule has 2 aromatic rings. The van der Waals surface area contributed by atoms with Gasteiger partial charge in [0.05, 0.1) is 0 Å². The average molecular weight is 372 g/mol. The molecular weight excluding hydrogens is 347 g/mol. The summed E-state index contributed by atoms with van der Waals surface area (Å²) in [7, 11) is 0. The van der Waals surface area contributed by atoms with Crippen molar-refractivity contribution in [3.63, 3.8) is 0 Å². The molecule has 1 heterocycles. The predicted octanol–water partition coefficient (Wildman–Crippen LogP) is 2.22. The van der Waals surface area contributed by atoms with E-state index in [1.807, 2.05) is 31.2 Å². The van der Waals surface area contributed by atoms with Crippen LogP contribution >= 0.6 is 0 Å². The number of piperazine rings is 1. The lowest BCUT2D eigenvalue weighted by Gasteiger charge is -2.35. The van der Waals surface area contributed by atoms with Crippen molar-refractivity contribution in [2.24, 2.45) is 0 Å². The number of carbonyl (C=O) groups excluding carboxylic acids is 1. The maximum Gasteiger partial charge on any atom is 0.255 e. The molecule has 1 atom stereocenters. The molecule has 0 spiro atoms. The van der Waals surface area contributed by atoms with E-state index in [0.29, 0.717) is 31.9 Å². The highest BCUT2D eigenvalue weighted by Gasteiger charge is 2.26. The highest BCUT2D eigenvalue weighted by molar-refractivity contribution is 5.81. The van der Waals surface area contributed by atoms with Gasteiger partial charge in [0.1, 0.15) is 18.2 Å². The van der Waals surface area contributed by atoms with Crippen LogP contribution in [0.2, 0.25) is 0 Å². The van der Waals surface area contributed by atoms with Gasteiger partial charge in [-0.05, 0) is 36.2 Å². The highest BCUT2D eigenvalue weighted by Crippen LogP contribution is 2.17. The van der Waals surface area contributed by atoms with Gasteiger partial charge in [0, 0.05) is 32.7 Å². The molecule has 0 bridgehead atoms. The number of para-hydroxylation sites is 1. The highest BCUT2D eigenvalue weighted by atomic mass is 19.1. The molecule has 1 unspecified atom stereocenters. The fourth-order valence-electron chi connectivity index (χ4n) is 3.14. The second-order valence-electron chi connectivity index (χ2n) is 6.82. The SMILES string of the molecule is Cc1ccccc1OCC(O)C(=O)N1CCN(Cc2ccc(F)cc2)CC1. The van der Waals surface area contributed by atoms with E-state index in [4.69, 9.17) is 4.74 Å². The molecule has 3 rings (SSSR count). The van der Waals surface area contributed by atoms with E-state index in [1.165, 1.54) is 12.1 Å². The first kappa shape index (κ1) is 19.3. The monoisotopic (exact) mass is 372 g/mol. The van der Waals surface area contributed by atoms with Crippen molar-refractivity contribution in [3.05, 3.63) is 65.5 Å². The molecule has 0 saturated carbocycles. The van der Waals surface area contributed by atoms with Gasteiger partial charge in [-0.15, -0.1) is 0 Å². The number of halogens is 1. The third kappa shape index (κ3) is 5.28. The third-order valence-corrected chi connectivity index (χ3v) is 4.78. The van der Waals surface area contributed by atoms with Crippen molar-refractivity contribution < 1.29 is 19.0 Å². The summed E-state index contributed by atoms with van der Waals surface area (Å²) < 4.78 is 18.6. The molecule has 1 amide bonds. The van der Waals surface area contributed by atoms with Crippen LogP contribution < -0.4 is 4.74 Å². The number of rotatable bonds is 6. The summed E-state index contributed by atoms with van der Waals surface area (Å²) >= 11 is 0. The molecule has 27 heavy (non-hydrogen) atoms. The van der Waals surface area contributed by atoms with E-state index in [0.717, 1.165) is 17.7 Å². The molecule has 0 aromatic heterocycles. The Labute approximate surface area is 159 Å². The van der Waals surface area contributed by atoms with Gasteiger partial charge in [-0.3, -0.25) is 9.69 Å². The van der Waals surface area contributed by atoms with Crippen molar-refractivity contribution in [2.45, 2.75) is 19.6 Å². The lowest BCUT2D eigenvalue weighted by molar-refractivity contribution is -0.143. The van der Waals surface area contributed by atoms with Gasteiger partial charge in [0.25, 0.3) is 5.91 Å². The summed E-state index contributed by atoms with van der Waals surface area (Å²) in [5.74, 6) is 0.134.